The third-order valence-corrected chi connectivity index (χ3v) is 4.45. The Hall–Kier alpha value is -0.530. The second-order valence-corrected chi connectivity index (χ2v) is 6.74. The van der Waals surface area contributed by atoms with E-state index in [1.807, 2.05) is 0 Å². The predicted molar refractivity (Wildman–Crippen MR) is 89.4 cm³/mol. The molecule has 1 rings (SSSR count). The van der Waals surface area contributed by atoms with Crippen molar-refractivity contribution in [3.8, 4) is 0 Å². The summed E-state index contributed by atoms with van der Waals surface area (Å²) in [5.41, 5.74) is 0. The molecule has 0 N–H and O–H groups in total. The van der Waals surface area contributed by atoms with Gasteiger partial charge in [0, 0.05) is 6.42 Å². The Morgan fingerprint density at radius 2 is 1.43 bits per heavy atom. The quantitative estimate of drug-likeness (QED) is 0.272. The number of esters is 1. The van der Waals surface area contributed by atoms with Crippen LogP contribution in [-0.4, -0.2) is 12.6 Å². The molecule has 1 aliphatic rings. The normalized spacial score (nSPS) is 14.3. The molecule has 0 aromatic heterocycles. The van der Waals surface area contributed by atoms with Crippen LogP contribution < -0.4 is 0 Å². The van der Waals surface area contributed by atoms with Gasteiger partial charge in [0.15, 0.2) is 0 Å². The van der Waals surface area contributed by atoms with E-state index in [-0.39, 0.29) is 5.97 Å². The first-order valence-electron chi connectivity index (χ1n) is 9.48. The van der Waals surface area contributed by atoms with E-state index >= 15 is 0 Å². The Kier molecular flexibility index (Phi) is 11.6. The van der Waals surface area contributed by atoms with Crippen LogP contribution in [0.25, 0.3) is 0 Å². The Morgan fingerprint density at radius 3 is 2.00 bits per heavy atom. The molecule has 0 spiro atoms. The van der Waals surface area contributed by atoms with Crippen molar-refractivity contribution >= 4 is 5.97 Å². The van der Waals surface area contributed by atoms with Crippen molar-refractivity contribution in [2.75, 3.05) is 6.61 Å². The zero-order valence-electron chi connectivity index (χ0n) is 14.2. The predicted octanol–water partition coefficient (Wildman–Crippen LogP) is 6.03. The lowest BCUT2D eigenvalue weighted by Crippen LogP contribution is -2.05. The molecule has 0 bridgehead atoms. The van der Waals surface area contributed by atoms with Crippen LogP contribution in [0, 0.1) is 5.92 Å². The van der Waals surface area contributed by atoms with Crippen LogP contribution in [0.4, 0.5) is 0 Å². The fraction of sp³-hybridized carbons (Fsp3) is 0.947. The van der Waals surface area contributed by atoms with Crippen LogP contribution in [0.1, 0.15) is 103 Å². The molecule has 2 nitrogen and oxygen atoms in total. The van der Waals surface area contributed by atoms with Gasteiger partial charge in [-0.25, -0.2) is 0 Å². The van der Waals surface area contributed by atoms with E-state index in [0.29, 0.717) is 13.0 Å². The summed E-state index contributed by atoms with van der Waals surface area (Å²) >= 11 is 0. The first-order chi connectivity index (χ1) is 10.3. The van der Waals surface area contributed by atoms with Crippen molar-refractivity contribution in [2.45, 2.75) is 103 Å². The van der Waals surface area contributed by atoms with Gasteiger partial charge < -0.3 is 4.74 Å². The topological polar surface area (TPSA) is 26.3 Å². The van der Waals surface area contributed by atoms with Crippen molar-refractivity contribution in [2.24, 2.45) is 5.92 Å². The smallest absolute Gasteiger partial charge is 0.305 e. The summed E-state index contributed by atoms with van der Waals surface area (Å²) in [5, 5.41) is 0. The molecule has 0 amide bonds. The van der Waals surface area contributed by atoms with Gasteiger partial charge in [0.25, 0.3) is 0 Å². The highest BCUT2D eigenvalue weighted by molar-refractivity contribution is 5.69. The average molecular weight is 296 g/mol. The van der Waals surface area contributed by atoms with Gasteiger partial charge in [0.1, 0.15) is 0 Å². The maximum Gasteiger partial charge on any atom is 0.305 e. The highest BCUT2D eigenvalue weighted by Gasteiger charge is 2.20. The molecule has 0 aromatic carbocycles. The van der Waals surface area contributed by atoms with E-state index in [4.69, 9.17) is 4.74 Å². The third kappa shape index (κ3) is 12.9. The van der Waals surface area contributed by atoms with Crippen LogP contribution in [0.2, 0.25) is 0 Å². The van der Waals surface area contributed by atoms with E-state index < -0.39 is 0 Å². The number of carbonyl (C=O) groups is 1. The summed E-state index contributed by atoms with van der Waals surface area (Å²) in [6.07, 6.45) is 18.9. The first-order valence-corrected chi connectivity index (χ1v) is 9.48. The lowest BCUT2D eigenvalue weighted by Gasteiger charge is -2.05. The van der Waals surface area contributed by atoms with E-state index in [2.05, 4.69) is 6.92 Å². The molecule has 0 saturated heterocycles. The number of unbranched alkanes of at least 4 members (excludes halogenated alkanes) is 9. The van der Waals surface area contributed by atoms with E-state index in [1.165, 1.54) is 77.0 Å². The summed E-state index contributed by atoms with van der Waals surface area (Å²) in [6.45, 7) is 2.90. The summed E-state index contributed by atoms with van der Waals surface area (Å²) in [5.74, 6) is 0.950. The van der Waals surface area contributed by atoms with Crippen molar-refractivity contribution < 1.29 is 9.53 Å². The fourth-order valence-electron chi connectivity index (χ4n) is 2.79. The van der Waals surface area contributed by atoms with Crippen molar-refractivity contribution in [1.82, 2.24) is 0 Å². The van der Waals surface area contributed by atoms with Gasteiger partial charge in [-0.2, -0.15) is 0 Å². The second-order valence-electron chi connectivity index (χ2n) is 6.74. The van der Waals surface area contributed by atoms with Crippen LogP contribution >= 0.6 is 0 Å². The molecule has 124 valence electrons. The summed E-state index contributed by atoms with van der Waals surface area (Å²) in [6, 6.07) is 0. The lowest BCUT2D eigenvalue weighted by molar-refractivity contribution is -0.143. The Balaban J connectivity index is 1.70. The van der Waals surface area contributed by atoms with Crippen molar-refractivity contribution in [1.29, 1.82) is 0 Å². The largest absolute Gasteiger partial charge is 0.466 e. The minimum Gasteiger partial charge on any atom is -0.466 e. The monoisotopic (exact) mass is 296 g/mol. The minimum absolute atomic E-state index is 0.0200. The van der Waals surface area contributed by atoms with Gasteiger partial charge >= 0.3 is 5.97 Å². The number of rotatable bonds is 15. The molecule has 1 saturated carbocycles. The number of carbonyl (C=O) groups excluding carboxylic acids is 1. The Labute approximate surface area is 132 Å². The maximum absolute atomic E-state index is 11.5. The van der Waals surface area contributed by atoms with E-state index in [1.54, 1.807) is 0 Å². The molecule has 21 heavy (non-hydrogen) atoms. The van der Waals surface area contributed by atoms with E-state index in [9.17, 15) is 4.79 Å². The molecule has 0 heterocycles. The molecule has 0 aromatic rings. The average Bonchev–Trinajstić information content (AvgIpc) is 3.29. The van der Waals surface area contributed by atoms with Crippen LogP contribution in [0.3, 0.4) is 0 Å². The van der Waals surface area contributed by atoms with Crippen LogP contribution in [0.5, 0.6) is 0 Å². The highest BCUT2D eigenvalue weighted by atomic mass is 16.5. The molecule has 2 heteroatoms. The molecular formula is C19H36O2. The lowest BCUT2D eigenvalue weighted by atomic mass is 10.1. The molecule has 0 atom stereocenters. The molecule has 0 aliphatic heterocycles. The minimum atomic E-state index is 0.0200. The summed E-state index contributed by atoms with van der Waals surface area (Å²) in [7, 11) is 0. The van der Waals surface area contributed by atoms with Gasteiger partial charge in [0.05, 0.1) is 6.61 Å². The molecule has 0 unspecified atom stereocenters. The van der Waals surface area contributed by atoms with Gasteiger partial charge in [-0.1, -0.05) is 77.6 Å². The Morgan fingerprint density at radius 1 is 0.857 bits per heavy atom. The molecular weight excluding hydrogens is 260 g/mol. The van der Waals surface area contributed by atoms with Gasteiger partial charge in [0.2, 0.25) is 0 Å². The standard InChI is InChI=1S/C19H36O2/c1-2-3-4-5-6-7-8-9-10-11-17-21-19(20)14-12-13-18-15-16-18/h18H,2-17H2,1H3. The molecule has 1 aliphatic carbocycles. The third-order valence-electron chi connectivity index (χ3n) is 4.45. The summed E-state index contributed by atoms with van der Waals surface area (Å²) < 4.78 is 5.28. The van der Waals surface area contributed by atoms with Gasteiger partial charge in [-0.15, -0.1) is 0 Å². The Bertz CT molecular complexity index is 246. The number of hydrogen-bond acceptors (Lipinski definition) is 2. The zero-order chi connectivity index (χ0) is 15.2. The highest BCUT2D eigenvalue weighted by Crippen LogP contribution is 2.33. The number of ether oxygens (including phenoxy) is 1. The SMILES string of the molecule is CCCCCCCCCCCCOC(=O)CCCC1CC1. The maximum atomic E-state index is 11.5. The van der Waals surface area contributed by atoms with Gasteiger partial charge in [-0.3, -0.25) is 4.79 Å². The van der Waals surface area contributed by atoms with Crippen molar-refractivity contribution in [3.63, 3.8) is 0 Å². The molecule has 1 fully saturated rings. The van der Waals surface area contributed by atoms with Crippen LogP contribution in [0.15, 0.2) is 0 Å². The van der Waals surface area contributed by atoms with Crippen LogP contribution in [-0.2, 0) is 9.53 Å². The second kappa shape index (κ2) is 13.2. The van der Waals surface area contributed by atoms with E-state index in [0.717, 1.165) is 18.8 Å². The number of hydrogen-bond donors (Lipinski definition) is 0. The molecule has 0 radical (unpaired) electrons. The van der Waals surface area contributed by atoms with Crippen molar-refractivity contribution in [3.05, 3.63) is 0 Å². The van der Waals surface area contributed by atoms with Gasteiger partial charge in [-0.05, 0) is 25.2 Å². The summed E-state index contributed by atoms with van der Waals surface area (Å²) in [4.78, 5) is 11.5. The fourth-order valence-corrected chi connectivity index (χ4v) is 2.79. The zero-order valence-corrected chi connectivity index (χ0v) is 14.2. The first kappa shape index (κ1) is 18.5.